The molecule has 110 valence electrons. The molecule has 0 radical (unpaired) electrons. The summed E-state index contributed by atoms with van der Waals surface area (Å²) in [5, 5.41) is 8.98. The fourth-order valence-corrected chi connectivity index (χ4v) is 1.85. The maximum absolute atomic E-state index is 12.4. The lowest BCUT2D eigenvalue weighted by atomic mass is 10.1. The van der Waals surface area contributed by atoms with Gasteiger partial charge in [-0.05, 0) is 19.1 Å². The van der Waals surface area contributed by atoms with E-state index in [1.54, 1.807) is 26.2 Å². The third kappa shape index (κ3) is 4.66. The van der Waals surface area contributed by atoms with E-state index in [0.29, 0.717) is 18.7 Å². The molecule has 0 saturated heterocycles. The highest BCUT2D eigenvalue weighted by Crippen LogP contribution is 2.10. The summed E-state index contributed by atoms with van der Waals surface area (Å²) in [7, 11) is 1.55. The van der Waals surface area contributed by atoms with Crippen molar-refractivity contribution in [2.45, 2.75) is 13.8 Å². The number of carboxylic acids is 1. The summed E-state index contributed by atoms with van der Waals surface area (Å²) in [6.07, 6.45) is 0. The molecule has 5 nitrogen and oxygen atoms in total. The first kappa shape index (κ1) is 16.2. The number of rotatable bonds is 7. The van der Waals surface area contributed by atoms with Gasteiger partial charge >= 0.3 is 5.97 Å². The summed E-state index contributed by atoms with van der Waals surface area (Å²) in [6, 6.07) is 7.27. The summed E-state index contributed by atoms with van der Waals surface area (Å²) in [5.41, 5.74) is 1.56. The Balaban J connectivity index is 2.86. The second kappa shape index (κ2) is 7.65. The Hall–Kier alpha value is -1.88. The summed E-state index contributed by atoms with van der Waals surface area (Å²) in [5.74, 6) is -1.69. The third-order valence-electron chi connectivity index (χ3n) is 3.03. The number of hydrogen-bond acceptors (Lipinski definition) is 3. The van der Waals surface area contributed by atoms with Gasteiger partial charge in [-0.15, -0.1) is 0 Å². The van der Waals surface area contributed by atoms with Crippen LogP contribution in [0.4, 0.5) is 0 Å². The van der Waals surface area contributed by atoms with Crippen molar-refractivity contribution in [2.24, 2.45) is 5.92 Å². The molecule has 0 aliphatic heterocycles. The molecule has 0 aliphatic carbocycles. The number of benzene rings is 1. The number of carboxylic acid groups (broad SMARTS) is 1. The lowest BCUT2D eigenvalue weighted by molar-refractivity contribution is -0.141. The van der Waals surface area contributed by atoms with E-state index in [1.807, 2.05) is 19.1 Å². The molecule has 0 aliphatic rings. The lowest BCUT2D eigenvalue weighted by Gasteiger charge is -2.24. The Bertz CT molecular complexity index is 473. The Kier molecular flexibility index (Phi) is 6.18. The van der Waals surface area contributed by atoms with E-state index in [9.17, 15) is 9.59 Å². The van der Waals surface area contributed by atoms with Crippen LogP contribution in [0.15, 0.2) is 24.3 Å². The minimum absolute atomic E-state index is 0.168. The largest absolute Gasteiger partial charge is 0.481 e. The van der Waals surface area contributed by atoms with Crippen LogP contribution in [0, 0.1) is 12.8 Å². The maximum atomic E-state index is 12.4. The molecule has 1 atom stereocenters. The highest BCUT2D eigenvalue weighted by molar-refractivity contribution is 5.94. The second-order valence-electron chi connectivity index (χ2n) is 4.85. The van der Waals surface area contributed by atoms with Gasteiger partial charge in [0.2, 0.25) is 0 Å². The monoisotopic (exact) mass is 279 g/mol. The fourth-order valence-electron chi connectivity index (χ4n) is 1.85. The molecule has 20 heavy (non-hydrogen) atoms. The van der Waals surface area contributed by atoms with Crippen LogP contribution in [0.1, 0.15) is 22.8 Å². The molecule has 0 spiro atoms. The predicted molar refractivity (Wildman–Crippen MR) is 75.8 cm³/mol. The van der Waals surface area contributed by atoms with E-state index in [1.165, 1.54) is 4.90 Å². The first-order chi connectivity index (χ1) is 9.45. The van der Waals surface area contributed by atoms with Crippen LogP contribution in [0.3, 0.4) is 0 Å². The van der Waals surface area contributed by atoms with Gasteiger partial charge in [-0.25, -0.2) is 0 Å². The summed E-state index contributed by atoms with van der Waals surface area (Å²) in [4.78, 5) is 24.9. The average molecular weight is 279 g/mol. The summed E-state index contributed by atoms with van der Waals surface area (Å²) >= 11 is 0. The molecular weight excluding hydrogens is 258 g/mol. The number of aliphatic carboxylic acids is 1. The van der Waals surface area contributed by atoms with E-state index in [0.717, 1.165) is 5.56 Å². The van der Waals surface area contributed by atoms with Gasteiger partial charge in [-0.2, -0.15) is 0 Å². The van der Waals surface area contributed by atoms with Crippen LogP contribution in [-0.4, -0.2) is 48.7 Å². The molecule has 0 heterocycles. The first-order valence-electron chi connectivity index (χ1n) is 6.53. The van der Waals surface area contributed by atoms with Gasteiger partial charge in [0, 0.05) is 25.8 Å². The van der Waals surface area contributed by atoms with Crippen molar-refractivity contribution in [3.05, 3.63) is 35.4 Å². The number of amides is 1. The Morgan fingerprint density at radius 2 is 2.10 bits per heavy atom. The first-order valence-corrected chi connectivity index (χ1v) is 6.53. The van der Waals surface area contributed by atoms with Gasteiger partial charge in [0.05, 0.1) is 12.5 Å². The van der Waals surface area contributed by atoms with E-state index < -0.39 is 11.9 Å². The number of hydrogen-bond donors (Lipinski definition) is 1. The normalized spacial score (nSPS) is 11.9. The molecule has 1 unspecified atom stereocenters. The average Bonchev–Trinajstić information content (AvgIpc) is 2.42. The number of ether oxygens (including phenoxy) is 1. The lowest BCUT2D eigenvalue weighted by Crippen LogP contribution is -2.39. The number of nitrogens with zero attached hydrogens (tertiary/aromatic N) is 1. The van der Waals surface area contributed by atoms with E-state index in [4.69, 9.17) is 9.84 Å². The molecule has 0 aromatic heterocycles. The number of carbonyl (C=O) groups excluding carboxylic acids is 1. The molecule has 5 heteroatoms. The van der Waals surface area contributed by atoms with Crippen molar-refractivity contribution in [1.82, 2.24) is 4.90 Å². The van der Waals surface area contributed by atoms with Gasteiger partial charge in [-0.1, -0.05) is 24.6 Å². The van der Waals surface area contributed by atoms with Crippen LogP contribution < -0.4 is 0 Å². The van der Waals surface area contributed by atoms with E-state index in [2.05, 4.69) is 0 Å². The van der Waals surface area contributed by atoms with Crippen molar-refractivity contribution in [3.8, 4) is 0 Å². The SMILES string of the molecule is COCCN(CC(C)C(=O)O)C(=O)c1cccc(C)c1. The zero-order valence-electron chi connectivity index (χ0n) is 12.1. The van der Waals surface area contributed by atoms with E-state index in [-0.39, 0.29) is 12.5 Å². The summed E-state index contributed by atoms with van der Waals surface area (Å²) < 4.78 is 4.98. The van der Waals surface area contributed by atoms with Crippen LogP contribution in [0.2, 0.25) is 0 Å². The van der Waals surface area contributed by atoms with E-state index >= 15 is 0 Å². The molecule has 1 N–H and O–H groups in total. The van der Waals surface area contributed by atoms with Crippen LogP contribution in [-0.2, 0) is 9.53 Å². The van der Waals surface area contributed by atoms with Crippen molar-refractivity contribution in [2.75, 3.05) is 26.8 Å². The quantitative estimate of drug-likeness (QED) is 0.826. The standard InChI is InChI=1S/C15H21NO4/c1-11-5-4-6-13(9-11)14(17)16(7-8-20-3)10-12(2)15(18)19/h4-6,9,12H,7-8,10H2,1-3H3,(H,18,19). The maximum Gasteiger partial charge on any atom is 0.308 e. The van der Waals surface area contributed by atoms with Crippen molar-refractivity contribution in [1.29, 1.82) is 0 Å². The number of carbonyl (C=O) groups is 2. The fraction of sp³-hybridized carbons (Fsp3) is 0.467. The molecule has 0 saturated carbocycles. The molecule has 0 bridgehead atoms. The van der Waals surface area contributed by atoms with Gasteiger partial charge in [0.25, 0.3) is 5.91 Å². The smallest absolute Gasteiger partial charge is 0.308 e. The number of methoxy groups -OCH3 is 1. The predicted octanol–water partition coefficient (Wildman–Crippen LogP) is 1.80. The molecule has 1 amide bonds. The Morgan fingerprint density at radius 1 is 1.40 bits per heavy atom. The zero-order valence-corrected chi connectivity index (χ0v) is 12.1. The molecule has 1 aromatic carbocycles. The molecule has 1 aromatic rings. The molecule has 0 fully saturated rings. The summed E-state index contributed by atoms with van der Waals surface area (Å²) in [6.45, 7) is 4.43. The van der Waals surface area contributed by atoms with Crippen molar-refractivity contribution in [3.63, 3.8) is 0 Å². The van der Waals surface area contributed by atoms with Crippen LogP contribution in [0.5, 0.6) is 0 Å². The van der Waals surface area contributed by atoms with Crippen molar-refractivity contribution >= 4 is 11.9 Å². The van der Waals surface area contributed by atoms with Crippen LogP contribution >= 0.6 is 0 Å². The third-order valence-corrected chi connectivity index (χ3v) is 3.03. The zero-order chi connectivity index (χ0) is 15.1. The molecular formula is C15H21NO4. The minimum atomic E-state index is -0.913. The number of aryl methyl sites for hydroxylation is 1. The van der Waals surface area contributed by atoms with Gasteiger partial charge < -0.3 is 14.7 Å². The Labute approximate surface area is 119 Å². The Morgan fingerprint density at radius 3 is 2.65 bits per heavy atom. The van der Waals surface area contributed by atoms with Gasteiger partial charge in [0.15, 0.2) is 0 Å². The van der Waals surface area contributed by atoms with Crippen molar-refractivity contribution < 1.29 is 19.4 Å². The highest BCUT2D eigenvalue weighted by Gasteiger charge is 2.21. The molecule has 1 rings (SSSR count). The topological polar surface area (TPSA) is 66.8 Å². The second-order valence-corrected chi connectivity index (χ2v) is 4.85. The van der Waals surface area contributed by atoms with Crippen LogP contribution in [0.25, 0.3) is 0 Å². The van der Waals surface area contributed by atoms with Gasteiger partial charge in [0.1, 0.15) is 0 Å². The minimum Gasteiger partial charge on any atom is -0.481 e. The van der Waals surface area contributed by atoms with Gasteiger partial charge in [-0.3, -0.25) is 9.59 Å². The highest BCUT2D eigenvalue weighted by atomic mass is 16.5.